The molecule has 2 aromatic carbocycles. The predicted molar refractivity (Wildman–Crippen MR) is 97.4 cm³/mol. The maximum Gasteiger partial charge on any atom is 0.269 e. The molecule has 0 aliphatic carbocycles. The van der Waals surface area contributed by atoms with Gasteiger partial charge in [0.1, 0.15) is 0 Å². The number of carbonyl (C=O) groups excluding carboxylic acids is 1. The zero-order chi connectivity index (χ0) is 18.4. The number of amides is 1. The molecule has 0 saturated carbocycles. The Morgan fingerprint density at radius 1 is 1.28 bits per heavy atom. The number of hydrogen-bond acceptors (Lipinski definition) is 4. The lowest BCUT2D eigenvalue weighted by molar-refractivity contribution is -0.384. The molecule has 0 fully saturated rings. The van der Waals surface area contributed by atoms with Gasteiger partial charge in [0.15, 0.2) is 0 Å². The molecule has 0 saturated heterocycles. The fourth-order valence-electron chi connectivity index (χ4n) is 2.41. The van der Waals surface area contributed by atoms with Gasteiger partial charge in [-0.15, -0.1) is 0 Å². The Balaban J connectivity index is 1.93. The van der Waals surface area contributed by atoms with Crippen molar-refractivity contribution in [2.75, 3.05) is 13.6 Å². The van der Waals surface area contributed by atoms with Crippen molar-refractivity contribution in [3.8, 4) is 0 Å². The molecule has 1 amide bonds. The molecular formula is C18H20ClN3O3. The van der Waals surface area contributed by atoms with Gasteiger partial charge < -0.3 is 5.32 Å². The zero-order valence-electron chi connectivity index (χ0n) is 14.1. The van der Waals surface area contributed by atoms with E-state index in [2.05, 4.69) is 5.32 Å². The monoisotopic (exact) mass is 361 g/mol. The van der Waals surface area contributed by atoms with Crippen molar-refractivity contribution >= 4 is 23.2 Å². The highest BCUT2D eigenvalue weighted by molar-refractivity contribution is 6.31. The second-order valence-electron chi connectivity index (χ2n) is 5.81. The minimum absolute atomic E-state index is 0.0425. The van der Waals surface area contributed by atoms with Gasteiger partial charge in [0.05, 0.1) is 11.5 Å². The second-order valence-corrected chi connectivity index (χ2v) is 6.22. The minimum atomic E-state index is -0.424. The first-order valence-corrected chi connectivity index (χ1v) is 8.21. The predicted octanol–water partition coefficient (Wildman–Crippen LogP) is 3.56. The Kier molecular flexibility index (Phi) is 6.50. The number of rotatable bonds is 7. The van der Waals surface area contributed by atoms with Crippen LogP contribution >= 0.6 is 11.6 Å². The van der Waals surface area contributed by atoms with Crippen LogP contribution in [0.1, 0.15) is 24.1 Å². The Morgan fingerprint density at radius 3 is 2.68 bits per heavy atom. The number of halogens is 1. The van der Waals surface area contributed by atoms with E-state index in [4.69, 9.17) is 11.6 Å². The molecular weight excluding hydrogens is 342 g/mol. The summed E-state index contributed by atoms with van der Waals surface area (Å²) in [5.41, 5.74) is 1.68. The molecule has 25 heavy (non-hydrogen) atoms. The quantitative estimate of drug-likeness (QED) is 0.604. The van der Waals surface area contributed by atoms with Crippen molar-refractivity contribution < 1.29 is 9.72 Å². The van der Waals surface area contributed by atoms with E-state index in [0.29, 0.717) is 11.6 Å². The van der Waals surface area contributed by atoms with Crippen LogP contribution in [0.15, 0.2) is 48.5 Å². The first kappa shape index (κ1) is 18.9. The normalized spacial score (nSPS) is 12.0. The summed E-state index contributed by atoms with van der Waals surface area (Å²) in [6.45, 7) is 2.44. The molecule has 6 nitrogen and oxygen atoms in total. The van der Waals surface area contributed by atoms with E-state index in [-0.39, 0.29) is 24.2 Å². The highest BCUT2D eigenvalue weighted by Crippen LogP contribution is 2.22. The molecule has 0 radical (unpaired) electrons. The molecule has 0 bridgehead atoms. The third kappa shape index (κ3) is 5.27. The molecule has 1 N–H and O–H groups in total. The third-order valence-corrected chi connectivity index (χ3v) is 4.42. The highest BCUT2D eigenvalue weighted by Gasteiger charge is 2.17. The average Bonchev–Trinajstić information content (AvgIpc) is 2.60. The van der Waals surface area contributed by atoms with Crippen LogP contribution < -0.4 is 5.32 Å². The first-order chi connectivity index (χ1) is 11.9. The number of nitrogens with one attached hydrogen (secondary N) is 1. The van der Waals surface area contributed by atoms with Crippen LogP contribution in [0, 0.1) is 10.1 Å². The van der Waals surface area contributed by atoms with Crippen molar-refractivity contribution in [1.29, 1.82) is 0 Å². The van der Waals surface area contributed by atoms with Crippen molar-refractivity contribution in [2.45, 2.75) is 19.5 Å². The van der Waals surface area contributed by atoms with E-state index in [1.165, 1.54) is 12.1 Å². The van der Waals surface area contributed by atoms with Crippen molar-refractivity contribution in [2.24, 2.45) is 0 Å². The van der Waals surface area contributed by atoms with Crippen LogP contribution in [-0.2, 0) is 11.3 Å². The summed E-state index contributed by atoms with van der Waals surface area (Å²) in [7, 11) is 1.80. The van der Waals surface area contributed by atoms with Crippen LogP contribution in [0.2, 0.25) is 5.02 Å². The Hall–Kier alpha value is -2.44. The Morgan fingerprint density at radius 2 is 2.00 bits per heavy atom. The summed E-state index contributed by atoms with van der Waals surface area (Å²) >= 11 is 6.07. The number of nitro groups is 1. The summed E-state index contributed by atoms with van der Waals surface area (Å²) in [5, 5.41) is 14.3. The summed E-state index contributed by atoms with van der Waals surface area (Å²) in [4.78, 5) is 24.4. The Bertz CT molecular complexity index is 767. The topological polar surface area (TPSA) is 75.5 Å². The van der Waals surface area contributed by atoms with E-state index in [1.807, 2.05) is 36.1 Å². The van der Waals surface area contributed by atoms with Crippen molar-refractivity contribution in [3.63, 3.8) is 0 Å². The van der Waals surface area contributed by atoms with Crippen molar-refractivity contribution in [1.82, 2.24) is 10.2 Å². The molecule has 0 heterocycles. The van der Waals surface area contributed by atoms with Crippen molar-refractivity contribution in [3.05, 3.63) is 74.8 Å². The van der Waals surface area contributed by atoms with Gasteiger partial charge in [-0.25, -0.2) is 0 Å². The van der Waals surface area contributed by atoms with Gasteiger partial charge in [-0.3, -0.25) is 19.8 Å². The van der Waals surface area contributed by atoms with E-state index in [0.717, 1.165) is 11.1 Å². The van der Waals surface area contributed by atoms with E-state index in [1.54, 1.807) is 19.2 Å². The van der Waals surface area contributed by atoms with Crippen LogP contribution in [0.4, 0.5) is 5.69 Å². The zero-order valence-corrected chi connectivity index (χ0v) is 14.9. The second kappa shape index (κ2) is 8.60. The number of hydrogen-bond donors (Lipinski definition) is 1. The number of nitro benzene ring substituents is 1. The molecule has 1 atom stereocenters. The largest absolute Gasteiger partial charge is 0.351 e. The number of likely N-dealkylation sites (N-methyl/N-ethyl adjacent to an activating group) is 1. The summed E-state index contributed by atoms with van der Waals surface area (Å²) in [6, 6.07) is 13.6. The minimum Gasteiger partial charge on any atom is -0.351 e. The number of nitrogens with zero attached hydrogens (tertiary/aromatic N) is 2. The molecule has 132 valence electrons. The van der Waals surface area contributed by atoms with Gasteiger partial charge >= 0.3 is 0 Å². The molecule has 0 aliphatic rings. The molecule has 7 heteroatoms. The highest BCUT2D eigenvalue weighted by atomic mass is 35.5. The van der Waals surface area contributed by atoms with Gasteiger partial charge in [0, 0.05) is 29.7 Å². The lowest BCUT2D eigenvalue weighted by Crippen LogP contribution is -2.36. The van der Waals surface area contributed by atoms with E-state index >= 15 is 0 Å². The van der Waals surface area contributed by atoms with Gasteiger partial charge in [-0.1, -0.05) is 41.9 Å². The molecule has 0 aliphatic heterocycles. The lowest BCUT2D eigenvalue weighted by atomic mass is 10.1. The smallest absolute Gasteiger partial charge is 0.269 e. The molecule has 1 unspecified atom stereocenters. The Labute approximate surface area is 151 Å². The van der Waals surface area contributed by atoms with E-state index in [9.17, 15) is 14.9 Å². The molecule has 2 rings (SSSR count). The molecule has 0 spiro atoms. The van der Waals surface area contributed by atoms with Crippen LogP contribution in [0.3, 0.4) is 0 Å². The average molecular weight is 362 g/mol. The summed E-state index contributed by atoms with van der Waals surface area (Å²) < 4.78 is 0. The van der Waals surface area contributed by atoms with Crippen LogP contribution in [0.5, 0.6) is 0 Å². The maximum atomic E-state index is 12.1. The van der Waals surface area contributed by atoms with Gasteiger partial charge in [-0.05, 0) is 31.2 Å². The lowest BCUT2D eigenvalue weighted by Gasteiger charge is -2.24. The SMILES string of the molecule is CC(c1cccc([N+](=O)[O-])c1)N(C)CC(=O)NCc1ccccc1Cl. The standard InChI is InChI=1S/C18H20ClN3O3/c1-13(14-7-5-8-16(10-14)22(24)25)21(2)12-18(23)20-11-15-6-3-4-9-17(15)19/h3-10,13H,11-12H2,1-2H3,(H,20,23). The first-order valence-electron chi connectivity index (χ1n) is 7.83. The van der Waals surface area contributed by atoms with Gasteiger partial charge in [0.25, 0.3) is 5.69 Å². The van der Waals surface area contributed by atoms with Gasteiger partial charge in [-0.2, -0.15) is 0 Å². The number of benzene rings is 2. The fourth-order valence-corrected chi connectivity index (χ4v) is 2.61. The summed E-state index contributed by atoms with van der Waals surface area (Å²) in [5.74, 6) is -0.139. The number of carbonyl (C=O) groups is 1. The maximum absolute atomic E-state index is 12.1. The third-order valence-electron chi connectivity index (χ3n) is 4.05. The van der Waals surface area contributed by atoms with Gasteiger partial charge in [0.2, 0.25) is 5.91 Å². The molecule has 0 aromatic heterocycles. The fraction of sp³-hybridized carbons (Fsp3) is 0.278. The van der Waals surface area contributed by atoms with E-state index < -0.39 is 4.92 Å². The number of non-ortho nitro benzene ring substituents is 1. The molecule has 2 aromatic rings. The van der Waals surface area contributed by atoms with Crippen LogP contribution in [-0.4, -0.2) is 29.3 Å². The van der Waals surface area contributed by atoms with Crippen LogP contribution in [0.25, 0.3) is 0 Å². The summed E-state index contributed by atoms with van der Waals surface area (Å²) in [6.07, 6.45) is 0.